The molecule has 0 saturated heterocycles. The van der Waals surface area contributed by atoms with Gasteiger partial charge in [0.2, 0.25) is 0 Å². The second-order valence-electron chi connectivity index (χ2n) is 30.0. The zero-order chi connectivity index (χ0) is 73.0. The number of phosphoric acid groups is 2. The summed E-state index contributed by atoms with van der Waals surface area (Å²) in [4.78, 5) is 72.8. The Hall–Kier alpha value is -1.94. The van der Waals surface area contributed by atoms with E-state index in [1.807, 2.05) is 0 Å². The predicted molar refractivity (Wildman–Crippen MR) is 405 cm³/mol. The lowest BCUT2D eigenvalue weighted by Crippen LogP contribution is -2.30. The summed E-state index contributed by atoms with van der Waals surface area (Å²) < 4.78 is 68.6. The van der Waals surface area contributed by atoms with E-state index < -0.39 is 97.5 Å². The second kappa shape index (κ2) is 70.4. The lowest BCUT2D eigenvalue weighted by atomic mass is 10.00. The Morgan fingerprint density at radius 2 is 0.515 bits per heavy atom. The van der Waals surface area contributed by atoms with Crippen molar-refractivity contribution < 1.29 is 80.2 Å². The van der Waals surface area contributed by atoms with Crippen LogP contribution in [0.15, 0.2) is 0 Å². The highest BCUT2D eigenvalue weighted by Crippen LogP contribution is 2.45. The first kappa shape index (κ1) is 97.1. The van der Waals surface area contributed by atoms with Gasteiger partial charge in [-0.25, -0.2) is 9.13 Å². The first-order chi connectivity index (χ1) is 47.8. The number of phosphoric ester groups is 2. The topological polar surface area (TPSA) is 237 Å². The maximum absolute atomic E-state index is 13.1. The van der Waals surface area contributed by atoms with Crippen molar-refractivity contribution in [3.8, 4) is 0 Å². The van der Waals surface area contributed by atoms with Crippen molar-refractivity contribution >= 4 is 39.5 Å². The molecule has 0 heterocycles. The summed E-state index contributed by atoms with van der Waals surface area (Å²) in [6.07, 6.45) is 58.7. The molecule has 17 nitrogen and oxygen atoms in total. The molecule has 0 aliphatic heterocycles. The maximum Gasteiger partial charge on any atom is 0.472 e. The van der Waals surface area contributed by atoms with Crippen LogP contribution in [0.5, 0.6) is 0 Å². The van der Waals surface area contributed by atoms with Crippen molar-refractivity contribution in [2.45, 2.75) is 433 Å². The van der Waals surface area contributed by atoms with Crippen LogP contribution in [-0.2, 0) is 65.4 Å². The van der Waals surface area contributed by atoms with E-state index in [4.69, 9.17) is 37.0 Å². The number of carbonyl (C=O) groups is 4. The first-order valence-corrected chi connectivity index (χ1v) is 44.4. The summed E-state index contributed by atoms with van der Waals surface area (Å²) in [6.45, 7) is 11.8. The van der Waals surface area contributed by atoms with Gasteiger partial charge in [0.1, 0.15) is 19.3 Å². The normalized spacial score (nSPS) is 14.3. The minimum absolute atomic E-state index is 0.102. The molecule has 3 N–H and O–H groups in total. The molecule has 0 spiro atoms. The van der Waals surface area contributed by atoms with Gasteiger partial charge in [-0.2, -0.15) is 0 Å². The van der Waals surface area contributed by atoms with Gasteiger partial charge in [-0.3, -0.25) is 37.3 Å². The van der Waals surface area contributed by atoms with Crippen LogP contribution >= 0.6 is 15.6 Å². The zero-order valence-electron chi connectivity index (χ0n) is 65.0. The summed E-state index contributed by atoms with van der Waals surface area (Å²) >= 11 is 0. The molecule has 0 radical (unpaired) electrons. The van der Waals surface area contributed by atoms with Crippen molar-refractivity contribution in [2.75, 3.05) is 39.6 Å². The molecule has 0 rings (SSSR count). The molecule has 19 heteroatoms. The smallest absolute Gasteiger partial charge is 0.462 e. The first-order valence-electron chi connectivity index (χ1n) is 41.4. The van der Waals surface area contributed by atoms with E-state index in [0.29, 0.717) is 31.6 Å². The van der Waals surface area contributed by atoms with Crippen LogP contribution in [0.25, 0.3) is 0 Å². The summed E-state index contributed by atoms with van der Waals surface area (Å²) in [7, 11) is -9.91. The number of esters is 4. The lowest BCUT2D eigenvalue weighted by molar-refractivity contribution is -0.161. The third-order valence-electron chi connectivity index (χ3n) is 19.0. The number of unbranched alkanes of at least 4 members (excludes halogenated alkanes) is 45. The molecule has 99 heavy (non-hydrogen) atoms. The molecule has 0 aromatic carbocycles. The monoisotopic (exact) mass is 1450 g/mol. The minimum Gasteiger partial charge on any atom is -0.462 e. The molecule has 0 aliphatic carbocycles. The van der Waals surface area contributed by atoms with E-state index in [1.54, 1.807) is 0 Å². The number of hydrogen-bond donors (Lipinski definition) is 3. The third kappa shape index (κ3) is 72.8. The van der Waals surface area contributed by atoms with Crippen LogP contribution < -0.4 is 0 Å². The molecule has 0 amide bonds. The van der Waals surface area contributed by atoms with Gasteiger partial charge in [0.25, 0.3) is 0 Å². The molecule has 0 saturated carbocycles. The highest BCUT2D eigenvalue weighted by atomic mass is 31.2. The number of hydrogen-bond acceptors (Lipinski definition) is 15. The lowest BCUT2D eigenvalue weighted by Gasteiger charge is -2.21. The van der Waals surface area contributed by atoms with Gasteiger partial charge in [0.05, 0.1) is 26.4 Å². The molecular formula is C80H156O17P2. The zero-order valence-corrected chi connectivity index (χ0v) is 66.8. The second-order valence-corrected chi connectivity index (χ2v) is 32.9. The molecule has 0 fully saturated rings. The summed E-state index contributed by atoms with van der Waals surface area (Å²) in [5.74, 6) is 0.100. The van der Waals surface area contributed by atoms with Crippen molar-refractivity contribution in [1.82, 2.24) is 0 Å². The van der Waals surface area contributed by atoms with Gasteiger partial charge >= 0.3 is 39.5 Å². The summed E-state index contributed by atoms with van der Waals surface area (Å²) in [6, 6.07) is 0. The van der Waals surface area contributed by atoms with Crippen LogP contribution in [0.3, 0.4) is 0 Å². The van der Waals surface area contributed by atoms with E-state index in [0.717, 1.165) is 108 Å². The summed E-state index contributed by atoms with van der Waals surface area (Å²) in [5.41, 5.74) is 0. The van der Waals surface area contributed by atoms with E-state index in [-0.39, 0.29) is 25.7 Å². The quantitative estimate of drug-likeness (QED) is 0.0222. The van der Waals surface area contributed by atoms with Crippen LogP contribution in [0.4, 0.5) is 0 Å². The Labute approximate surface area is 607 Å². The Balaban J connectivity index is 5.18. The van der Waals surface area contributed by atoms with Gasteiger partial charge in [0, 0.05) is 25.7 Å². The molecule has 588 valence electrons. The fraction of sp³-hybridized carbons (Fsp3) is 0.950. The maximum atomic E-state index is 13.1. The minimum atomic E-state index is -4.96. The van der Waals surface area contributed by atoms with Gasteiger partial charge in [0.15, 0.2) is 12.2 Å². The van der Waals surface area contributed by atoms with Gasteiger partial charge < -0.3 is 33.8 Å². The average molecular weight is 1450 g/mol. The number of aliphatic hydroxyl groups excluding tert-OH is 1. The van der Waals surface area contributed by atoms with Crippen LogP contribution in [0, 0.1) is 17.8 Å². The van der Waals surface area contributed by atoms with Gasteiger partial charge in [-0.05, 0) is 43.4 Å². The number of carbonyl (C=O) groups excluding carboxylic acids is 4. The molecular weight excluding hydrogens is 1290 g/mol. The largest absolute Gasteiger partial charge is 0.472 e. The number of rotatable bonds is 78. The third-order valence-corrected chi connectivity index (χ3v) is 20.9. The van der Waals surface area contributed by atoms with E-state index in [9.17, 15) is 43.2 Å². The van der Waals surface area contributed by atoms with Crippen molar-refractivity contribution in [3.05, 3.63) is 0 Å². The Kier molecular flexibility index (Phi) is 69.0. The molecule has 6 atom stereocenters. The number of aliphatic hydroxyl groups is 1. The number of ether oxygens (including phenoxy) is 4. The average Bonchev–Trinajstić information content (AvgIpc) is 1.00. The van der Waals surface area contributed by atoms with Crippen LogP contribution in [0.1, 0.15) is 414 Å². The predicted octanol–water partition coefficient (Wildman–Crippen LogP) is 23.7. The van der Waals surface area contributed by atoms with Crippen molar-refractivity contribution in [2.24, 2.45) is 17.8 Å². The SMILES string of the molecule is CCCCCCCCCCCCCCCCCCCCCC(=O)OC[C@H](COP(=O)(O)OC[C@@H](O)COP(=O)(O)OC[C@@H](COC(=O)CCCCCCCCC(C)C)OC(=O)CCCCCCCCC(C)CC)OC(=O)CCCCCCCCCCCCCCCCCCCCC(C)C. The Morgan fingerprint density at radius 3 is 0.768 bits per heavy atom. The highest BCUT2D eigenvalue weighted by molar-refractivity contribution is 7.47. The molecule has 0 aliphatic rings. The molecule has 0 aromatic rings. The Bertz CT molecular complexity index is 1920. The van der Waals surface area contributed by atoms with Gasteiger partial charge in [-0.15, -0.1) is 0 Å². The van der Waals surface area contributed by atoms with Crippen LogP contribution in [-0.4, -0.2) is 96.7 Å². The molecule has 0 aromatic heterocycles. The van der Waals surface area contributed by atoms with Gasteiger partial charge in [-0.1, -0.05) is 363 Å². The Morgan fingerprint density at radius 1 is 0.293 bits per heavy atom. The van der Waals surface area contributed by atoms with E-state index >= 15 is 0 Å². The van der Waals surface area contributed by atoms with E-state index in [1.165, 1.54) is 218 Å². The van der Waals surface area contributed by atoms with Crippen molar-refractivity contribution in [3.63, 3.8) is 0 Å². The van der Waals surface area contributed by atoms with Crippen LogP contribution in [0.2, 0.25) is 0 Å². The molecule has 0 bridgehead atoms. The standard InChI is InChI=1S/C80H156O17P2/c1-8-10-11-12-13-14-15-16-17-18-19-23-26-29-32-35-38-47-54-61-77(82)90-67-75(96-79(84)63-56-49-39-36-33-30-27-24-21-20-22-25-28-31-34-37-44-51-58-71(3)4)69-94-98(86,87)92-65-74(81)66-93-99(88,89)95-70-76(68-91-78(83)62-55-48-42-40-45-52-59-72(5)6)97-80(85)64-57-50-43-41-46-53-60-73(7)9-2/h71-76,81H,8-70H2,1-7H3,(H,86,87)(H,88,89)/t73?,74-,75-,76-/m1/s1. The summed E-state index contributed by atoms with van der Waals surface area (Å²) in [5, 5.41) is 10.6. The highest BCUT2D eigenvalue weighted by Gasteiger charge is 2.30. The van der Waals surface area contributed by atoms with E-state index in [2.05, 4.69) is 48.5 Å². The fourth-order valence-corrected chi connectivity index (χ4v) is 13.9. The fourth-order valence-electron chi connectivity index (χ4n) is 12.3. The molecule has 3 unspecified atom stereocenters. The van der Waals surface area contributed by atoms with Crippen molar-refractivity contribution in [1.29, 1.82) is 0 Å².